The molecule has 0 bridgehead atoms. The molecule has 1 aliphatic rings. The van der Waals surface area contributed by atoms with E-state index in [2.05, 4.69) is 12.2 Å². The standard InChI is InChI=1S/C18H30O3/c19-18(20)15-13-11-9-7-5-3-1-2-4-6-8-10-12-14-17-16-21-17/h12,14,16H,1-11,13,15H2,(H,19,20). The van der Waals surface area contributed by atoms with E-state index in [-0.39, 0.29) is 0 Å². The van der Waals surface area contributed by atoms with Gasteiger partial charge >= 0.3 is 5.97 Å². The van der Waals surface area contributed by atoms with E-state index in [4.69, 9.17) is 9.84 Å². The maximum atomic E-state index is 10.3. The zero-order valence-corrected chi connectivity index (χ0v) is 13.2. The largest absolute Gasteiger partial charge is 0.481 e. The first-order chi connectivity index (χ1) is 10.3. The van der Waals surface area contributed by atoms with Crippen LogP contribution in [0.3, 0.4) is 0 Å². The Morgan fingerprint density at radius 2 is 1.38 bits per heavy atom. The average Bonchev–Trinajstić information content (AvgIpc) is 3.27. The van der Waals surface area contributed by atoms with Gasteiger partial charge in [-0.25, -0.2) is 0 Å². The Morgan fingerprint density at radius 1 is 0.905 bits per heavy atom. The summed E-state index contributed by atoms with van der Waals surface area (Å²) in [4.78, 5) is 10.3. The van der Waals surface area contributed by atoms with Gasteiger partial charge in [0, 0.05) is 6.42 Å². The highest BCUT2D eigenvalue weighted by atomic mass is 16.5. The predicted molar refractivity (Wildman–Crippen MR) is 86.0 cm³/mol. The number of rotatable bonds is 15. The Hall–Kier alpha value is -1.25. The second kappa shape index (κ2) is 12.5. The molecule has 3 heteroatoms. The van der Waals surface area contributed by atoms with E-state index < -0.39 is 5.97 Å². The fourth-order valence-electron chi connectivity index (χ4n) is 2.44. The molecule has 120 valence electrons. The fourth-order valence-corrected chi connectivity index (χ4v) is 2.44. The molecule has 21 heavy (non-hydrogen) atoms. The number of ether oxygens (including phenoxy) is 1. The molecule has 3 nitrogen and oxygen atoms in total. The molecule has 1 heterocycles. The number of carboxylic acids is 1. The van der Waals surface area contributed by atoms with E-state index >= 15 is 0 Å². The summed E-state index contributed by atoms with van der Waals surface area (Å²) in [5, 5.41) is 8.52. The van der Waals surface area contributed by atoms with Crippen LogP contribution >= 0.6 is 0 Å². The first kappa shape index (κ1) is 17.8. The highest BCUT2D eigenvalue weighted by Crippen LogP contribution is 2.15. The molecule has 0 radical (unpaired) electrons. The van der Waals surface area contributed by atoms with Crippen LogP contribution in [0.1, 0.15) is 83.5 Å². The van der Waals surface area contributed by atoms with Crippen LogP contribution < -0.4 is 0 Å². The second-order valence-electron chi connectivity index (χ2n) is 5.86. The SMILES string of the molecule is O=C(O)CCCCCCCCCCCCCC=CC1=CO1. The molecule has 0 aromatic heterocycles. The van der Waals surface area contributed by atoms with Crippen molar-refractivity contribution in [3.05, 3.63) is 24.2 Å². The van der Waals surface area contributed by atoms with Crippen molar-refractivity contribution < 1.29 is 14.6 Å². The van der Waals surface area contributed by atoms with E-state index in [0.717, 1.165) is 25.0 Å². The summed E-state index contributed by atoms with van der Waals surface area (Å²) in [5.41, 5.74) is 0. The van der Waals surface area contributed by atoms with Gasteiger partial charge in [-0.05, 0) is 25.3 Å². The number of hydrogen-bond acceptors (Lipinski definition) is 2. The van der Waals surface area contributed by atoms with Crippen LogP contribution in [0, 0.1) is 0 Å². The smallest absolute Gasteiger partial charge is 0.303 e. The number of carboxylic acid groups (broad SMARTS) is 1. The molecule has 1 rings (SSSR count). The molecular formula is C18H30O3. The van der Waals surface area contributed by atoms with Gasteiger partial charge in [-0.1, -0.05) is 63.9 Å². The maximum Gasteiger partial charge on any atom is 0.303 e. The Labute approximate surface area is 129 Å². The Bertz CT molecular complexity index is 331. The minimum Gasteiger partial charge on any atom is -0.481 e. The number of allylic oxidation sites excluding steroid dienone is 2. The summed E-state index contributed by atoms with van der Waals surface area (Å²) >= 11 is 0. The van der Waals surface area contributed by atoms with Crippen LogP contribution in [0.5, 0.6) is 0 Å². The van der Waals surface area contributed by atoms with Crippen molar-refractivity contribution in [2.75, 3.05) is 0 Å². The molecule has 0 saturated carbocycles. The molecule has 0 atom stereocenters. The molecule has 0 aliphatic carbocycles. The minimum absolute atomic E-state index is 0.333. The highest BCUT2D eigenvalue weighted by molar-refractivity contribution is 5.66. The summed E-state index contributed by atoms with van der Waals surface area (Å²) in [6, 6.07) is 0. The van der Waals surface area contributed by atoms with Crippen molar-refractivity contribution in [1.29, 1.82) is 0 Å². The molecule has 0 fully saturated rings. The van der Waals surface area contributed by atoms with Crippen LogP contribution in [0.15, 0.2) is 24.2 Å². The third kappa shape index (κ3) is 13.5. The summed E-state index contributed by atoms with van der Waals surface area (Å²) in [6.07, 6.45) is 21.2. The van der Waals surface area contributed by atoms with E-state index in [1.165, 1.54) is 57.8 Å². The lowest BCUT2D eigenvalue weighted by molar-refractivity contribution is -0.137. The normalized spacial score (nSPS) is 13.2. The summed E-state index contributed by atoms with van der Waals surface area (Å²) < 4.78 is 4.91. The molecule has 0 amide bonds. The molecule has 0 saturated heterocycles. The molecular weight excluding hydrogens is 264 g/mol. The third-order valence-electron chi connectivity index (χ3n) is 3.80. The van der Waals surface area contributed by atoms with Gasteiger partial charge < -0.3 is 9.84 Å². The lowest BCUT2D eigenvalue weighted by atomic mass is 10.0. The Balaban J connectivity index is 1.66. The first-order valence-corrected chi connectivity index (χ1v) is 8.54. The lowest BCUT2D eigenvalue weighted by Crippen LogP contribution is -1.93. The molecule has 1 aliphatic heterocycles. The van der Waals surface area contributed by atoms with Gasteiger partial charge in [-0.3, -0.25) is 4.79 Å². The van der Waals surface area contributed by atoms with Crippen LogP contribution in [-0.2, 0) is 9.53 Å². The van der Waals surface area contributed by atoms with Gasteiger partial charge in [0.15, 0.2) is 5.76 Å². The topological polar surface area (TPSA) is 49.8 Å². The fraction of sp³-hybridized carbons (Fsp3) is 0.722. The number of unbranched alkanes of at least 4 members (excludes halogenated alkanes) is 11. The maximum absolute atomic E-state index is 10.3. The monoisotopic (exact) mass is 294 g/mol. The van der Waals surface area contributed by atoms with Crippen molar-refractivity contribution in [2.45, 2.75) is 83.5 Å². The van der Waals surface area contributed by atoms with Gasteiger partial charge in [0.25, 0.3) is 0 Å². The second-order valence-corrected chi connectivity index (χ2v) is 5.86. The van der Waals surface area contributed by atoms with Crippen LogP contribution in [0.4, 0.5) is 0 Å². The zero-order valence-electron chi connectivity index (χ0n) is 13.2. The van der Waals surface area contributed by atoms with Crippen molar-refractivity contribution in [3.63, 3.8) is 0 Å². The predicted octanol–water partition coefficient (Wildman–Crippen LogP) is 5.57. The molecule has 0 aromatic carbocycles. The molecule has 0 unspecified atom stereocenters. The van der Waals surface area contributed by atoms with E-state index in [0.29, 0.717) is 6.42 Å². The van der Waals surface area contributed by atoms with Crippen LogP contribution in [0.25, 0.3) is 0 Å². The van der Waals surface area contributed by atoms with Gasteiger partial charge in [-0.15, -0.1) is 0 Å². The average molecular weight is 294 g/mol. The van der Waals surface area contributed by atoms with Crippen molar-refractivity contribution in [1.82, 2.24) is 0 Å². The highest BCUT2D eigenvalue weighted by Gasteiger charge is 2.02. The number of aliphatic carboxylic acids is 1. The molecule has 0 aromatic rings. The van der Waals surface area contributed by atoms with E-state index in [9.17, 15) is 4.79 Å². The number of carbonyl (C=O) groups is 1. The summed E-state index contributed by atoms with van der Waals surface area (Å²) in [6.45, 7) is 0. The van der Waals surface area contributed by atoms with Crippen LogP contribution in [-0.4, -0.2) is 11.1 Å². The van der Waals surface area contributed by atoms with Crippen molar-refractivity contribution in [2.24, 2.45) is 0 Å². The van der Waals surface area contributed by atoms with Crippen molar-refractivity contribution in [3.8, 4) is 0 Å². The van der Waals surface area contributed by atoms with Gasteiger partial charge in [0.05, 0.1) is 0 Å². The van der Waals surface area contributed by atoms with Gasteiger partial charge in [0.2, 0.25) is 0 Å². The first-order valence-electron chi connectivity index (χ1n) is 8.54. The molecule has 1 N–H and O–H groups in total. The van der Waals surface area contributed by atoms with E-state index in [1.54, 1.807) is 6.26 Å². The van der Waals surface area contributed by atoms with Crippen LogP contribution in [0.2, 0.25) is 0 Å². The molecule has 0 spiro atoms. The summed E-state index contributed by atoms with van der Waals surface area (Å²) in [7, 11) is 0. The zero-order chi connectivity index (χ0) is 15.2. The minimum atomic E-state index is -0.663. The van der Waals surface area contributed by atoms with Crippen molar-refractivity contribution >= 4 is 5.97 Å². The quantitative estimate of drug-likeness (QED) is 0.402. The van der Waals surface area contributed by atoms with Gasteiger partial charge in [-0.2, -0.15) is 0 Å². The van der Waals surface area contributed by atoms with Gasteiger partial charge in [0.1, 0.15) is 6.26 Å². The Morgan fingerprint density at radius 3 is 1.86 bits per heavy atom. The van der Waals surface area contributed by atoms with E-state index in [1.807, 2.05) is 0 Å². The Kier molecular flexibility index (Phi) is 10.6. The summed E-state index contributed by atoms with van der Waals surface area (Å²) in [5.74, 6) is 0.349. The lowest BCUT2D eigenvalue weighted by Gasteiger charge is -2.02. The third-order valence-corrected chi connectivity index (χ3v) is 3.80. The number of hydrogen-bond donors (Lipinski definition) is 1.